The Hall–Kier alpha value is -7.44. The maximum atomic E-state index is 6.45. The van der Waals surface area contributed by atoms with Gasteiger partial charge in [0.05, 0.1) is 81.7 Å². The van der Waals surface area contributed by atoms with Crippen molar-refractivity contribution in [3.8, 4) is 45.8 Å². The summed E-state index contributed by atoms with van der Waals surface area (Å²) in [6, 6.07) is 21.2. The first-order valence-corrected chi connectivity index (χ1v) is 25.7. The topological polar surface area (TPSA) is 178 Å². The molecule has 0 amide bonds. The molecule has 74 heavy (non-hydrogen) atoms. The molecule has 0 unspecified atom stereocenters. The maximum absolute atomic E-state index is 6.45. The number of hydrogen-bond donors (Lipinski definition) is 2. The van der Waals surface area contributed by atoms with Crippen molar-refractivity contribution in [1.29, 1.82) is 0 Å². The summed E-state index contributed by atoms with van der Waals surface area (Å²) in [5.41, 5.74) is 6.69. The number of imidazole rings is 1. The van der Waals surface area contributed by atoms with Gasteiger partial charge in [-0.15, -0.1) is 0 Å². The zero-order chi connectivity index (χ0) is 51.0. The minimum Gasteiger partial charge on any atom is -0.493 e. The van der Waals surface area contributed by atoms with Crippen molar-refractivity contribution in [2.45, 2.75) is 65.7 Å². The van der Waals surface area contributed by atoms with Crippen molar-refractivity contribution >= 4 is 34.9 Å². The number of fused-ring (bicyclic) bond motifs is 14. The molecule has 18 heteroatoms. The second-order valence-electron chi connectivity index (χ2n) is 17.0. The molecule has 5 aromatic heterocycles. The average Bonchev–Trinajstić information content (AvgIpc) is 4.17. The first kappa shape index (κ1) is 52.9. The maximum Gasteiger partial charge on any atom is 0.227 e. The molecule has 12 bridgehead atoms. The summed E-state index contributed by atoms with van der Waals surface area (Å²) >= 11 is 6.45. The number of ether oxygens (including phenoxy) is 6. The summed E-state index contributed by atoms with van der Waals surface area (Å²) in [6.45, 7) is 12.3. The van der Waals surface area contributed by atoms with Gasteiger partial charge in [0.15, 0.2) is 0 Å². The summed E-state index contributed by atoms with van der Waals surface area (Å²) in [5, 5.41) is 7.04. The lowest BCUT2D eigenvalue weighted by Crippen LogP contribution is -2.22. The molecular formula is C56H64ClN11O6. The van der Waals surface area contributed by atoms with Gasteiger partial charge in [-0.2, -0.15) is 0 Å². The van der Waals surface area contributed by atoms with E-state index in [2.05, 4.69) is 50.4 Å². The van der Waals surface area contributed by atoms with E-state index in [-0.39, 0.29) is 0 Å². The fraction of sp³-hybridized carbons (Fsp3) is 0.339. The zero-order valence-corrected chi connectivity index (χ0v) is 42.8. The van der Waals surface area contributed by atoms with E-state index < -0.39 is 0 Å². The summed E-state index contributed by atoms with van der Waals surface area (Å²) in [6.07, 6.45) is 25.4. The lowest BCUT2D eigenvalue weighted by molar-refractivity contribution is 0.144. The van der Waals surface area contributed by atoms with E-state index in [9.17, 15) is 0 Å². The molecule has 7 aromatic rings. The highest BCUT2D eigenvalue weighted by atomic mass is 35.5. The molecule has 2 aromatic carbocycles. The molecule has 0 radical (unpaired) electrons. The lowest BCUT2D eigenvalue weighted by Gasteiger charge is -2.17. The summed E-state index contributed by atoms with van der Waals surface area (Å²) in [5.74, 6) is 3.63. The van der Waals surface area contributed by atoms with Gasteiger partial charge in [-0.1, -0.05) is 49.8 Å². The van der Waals surface area contributed by atoms with E-state index in [0.29, 0.717) is 93.8 Å². The van der Waals surface area contributed by atoms with E-state index in [4.69, 9.17) is 40.0 Å². The van der Waals surface area contributed by atoms with Gasteiger partial charge < -0.3 is 48.5 Å². The van der Waals surface area contributed by atoms with Crippen molar-refractivity contribution in [1.82, 2.24) is 44.4 Å². The third-order valence-electron chi connectivity index (χ3n) is 11.7. The van der Waals surface area contributed by atoms with E-state index in [1.807, 2.05) is 116 Å². The van der Waals surface area contributed by atoms with Crippen LogP contribution in [0.25, 0.3) is 22.5 Å². The molecule has 3 aliphatic rings. The van der Waals surface area contributed by atoms with Crippen LogP contribution in [-0.4, -0.2) is 104 Å². The van der Waals surface area contributed by atoms with Gasteiger partial charge in [-0.05, 0) is 99.8 Å². The second kappa shape index (κ2) is 28.7. The first-order valence-electron chi connectivity index (χ1n) is 25.3. The molecule has 0 spiro atoms. The van der Waals surface area contributed by atoms with Crippen LogP contribution in [0.3, 0.4) is 0 Å². The molecule has 0 aliphatic carbocycles. The third-order valence-corrected chi connectivity index (χ3v) is 11.9. The van der Waals surface area contributed by atoms with Crippen LogP contribution in [0.2, 0.25) is 5.02 Å². The number of halogens is 1. The predicted molar refractivity (Wildman–Crippen MR) is 288 cm³/mol. The average molecular weight is 1020 g/mol. The Balaban J connectivity index is 0.000000191. The highest BCUT2D eigenvalue weighted by molar-refractivity contribution is 6.32. The number of likely N-dealkylation sites (tertiary alicyclic amines) is 1. The van der Waals surface area contributed by atoms with Crippen LogP contribution in [0.15, 0.2) is 135 Å². The molecule has 0 atom stereocenters. The molecule has 0 saturated carbocycles. The van der Waals surface area contributed by atoms with Crippen LogP contribution < -0.4 is 29.6 Å². The highest BCUT2D eigenvalue weighted by Crippen LogP contribution is 2.31. The number of benzene rings is 2. The monoisotopic (exact) mass is 1020 g/mol. The molecule has 3 aliphatic heterocycles. The number of nitrogens with zero attached hydrogens (tertiary/aromatic N) is 9. The Bertz CT molecular complexity index is 2880. The highest BCUT2D eigenvalue weighted by Gasteiger charge is 2.15. The molecular weight excluding hydrogens is 958 g/mol. The molecule has 386 valence electrons. The van der Waals surface area contributed by atoms with Gasteiger partial charge in [-0.3, -0.25) is 0 Å². The Kier molecular flexibility index (Phi) is 20.5. The Morgan fingerprint density at radius 2 is 1.26 bits per heavy atom. The van der Waals surface area contributed by atoms with E-state index in [1.165, 1.54) is 25.9 Å². The SMILES string of the molecule is C1=C/COCc2cc(ccc2OCCn2ccnc2)Nc2nccc(n2)-c2ccnc(c2)OCC/1.CC.Clc1cnc2nc1-c1ccnc(c1)OCC/C=C/COCc1cc(ccc1OCCCN1CCCC1)N2. The van der Waals surface area contributed by atoms with Crippen LogP contribution in [0.1, 0.15) is 57.1 Å². The van der Waals surface area contributed by atoms with Gasteiger partial charge in [0.25, 0.3) is 0 Å². The van der Waals surface area contributed by atoms with Crippen molar-refractivity contribution in [2.75, 3.05) is 69.9 Å². The molecule has 1 saturated heterocycles. The minimum atomic E-state index is 0.409. The molecule has 17 nitrogen and oxygen atoms in total. The Morgan fingerprint density at radius 3 is 1.92 bits per heavy atom. The minimum absolute atomic E-state index is 0.409. The van der Waals surface area contributed by atoms with E-state index >= 15 is 0 Å². The van der Waals surface area contributed by atoms with Gasteiger partial charge in [0.2, 0.25) is 23.7 Å². The van der Waals surface area contributed by atoms with Gasteiger partial charge >= 0.3 is 0 Å². The van der Waals surface area contributed by atoms with Crippen LogP contribution >= 0.6 is 11.6 Å². The van der Waals surface area contributed by atoms with Crippen molar-refractivity contribution in [3.63, 3.8) is 0 Å². The van der Waals surface area contributed by atoms with Gasteiger partial charge in [0.1, 0.15) is 18.1 Å². The van der Waals surface area contributed by atoms with E-state index in [1.54, 1.807) is 37.3 Å². The smallest absolute Gasteiger partial charge is 0.227 e. The number of rotatable bonds is 9. The largest absolute Gasteiger partial charge is 0.493 e. The van der Waals surface area contributed by atoms with Gasteiger partial charge in [0, 0.05) is 83.3 Å². The lowest BCUT2D eigenvalue weighted by atomic mass is 10.2. The third kappa shape index (κ3) is 16.3. The van der Waals surface area contributed by atoms with Crippen molar-refractivity contribution < 1.29 is 28.4 Å². The van der Waals surface area contributed by atoms with Gasteiger partial charge in [-0.25, -0.2) is 34.9 Å². The van der Waals surface area contributed by atoms with Crippen LogP contribution in [0.5, 0.6) is 23.3 Å². The van der Waals surface area contributed by atoms with Crippen LogP contribution in [0.4, 0.5) is 23.3 Å². The number of hydrogen-bond acceptors (Lipinski definition) is 16. The second-order valence-corrected chi connectivity index (χ2v) is 17.4. The van der Waals surface area contributed by atoms with Crippen molar-refractivity contribution in [2.24, 2.45) is 0 Å². The number of pyridine rings is 2. The summed E-state index contributed by atoms with van der Waals surface area (Å²) < 4.78 is 37.6. The predicted octanol–water partition coefficient (Wildman–Crippen LogP) is 11.1. The normalized spacial score (nSPS) is 15.6. The molecule has 1 fully saturated rings. The van der Waals surface area contributed by atoms with E-state index in [0.717, 1.165) is 76.6 Å². The quantitative estimate of drug-likeness (QED) is 0.103. The Morgan fingerprint density at radius 1 is 0.635 bits per heavy atom. The molecule has 2 N–H and O–H groups in total. The molecule has 10 rings (SSSR count). The fourth-order valence-electron chi connectivity index (χ4n) is 8.04. The number of nitrogens with one attached hydrogen (secondary N) is 2. The fourth-order valence-corrected chi connectivity index (χ4v) is 8.24. The van der Waals surface area contributed by atoms with Crippen molar-refractivity contribution in [3.05, 3.63) is 151 Å². The Labute approximate surface area is 438 Å². The van der Waals surface area contributed by atoms with Crippen LogP contribution in [-0.2, 0) is 29.2 Å². The standard InChI is InChI=1S/C28H32ClN5O3.C26H26N6O3.C2H6/c29-24-19-31-28-32-23-7-8-25(36-16-6-13-34-11-2-3-12-34)22(17-23)20-35-14-4-1-5-15-37-26-18-21(9-10-30-26)27(24)33-28;1-2-13-33-18-21-16-22(4-5-24(21)34-15-12-32-11-10-27-19-32)30-26-29-9-7-23(31-26)20-6-8-28-25(17-20)35-14-3-1;1-2/h1,4,7-10,17-19H,2-3,5-6,11-16,20H2,(H,31,32,33);1-2,4-11,16-17,19H,3,12-15,18H2,(H,29,30,31);1-2H3/b4-1+;2-1+;. The number of aromatic nitrogens is 8. The zero-order valence-electron chi connectivity index (χ0n) is 42.1. The van der Waals surface area contributed by atoms with Crippen LogP contribution in [0, 0.1) is 0 Å². The molecule has 8 heterocycles. The summed E-state index contributed by atoms with van der Waals surface area (Å²) in [7, 11) is 0. The summed E-state index contributed by atoms with van der Waals surface area (Å²) in [4.78, 5) is 33.3. The first-order chi connectivity index (χ1) is 36.6. The number of anilines is 4.